The molecule has 2 rings (SSSR count). The highest BCUT2D eigenvalue weighted by molar-refractivity contribution is 4.75. The normalized spacial score (nSPS) is 33.3. The third-order valence-corrected chi connectivity index (χ3v) is 2.77. The Hall–Kier alpha value is -0.0800. The van der Waals surface area contributed by atoms with Crippen molar-refractivity contribution in [1.82, 2.24) is 5.32 Å². The van der Waals surface area contributed by atoms with Crippen LogP contribution in [0.25, 0.3) is 0 Å². The van der Waals surface area contributed by atoms with Crippen LogP contribution in [0.5, 0.6) is 0 Å². The molecule has 1 N–H and O–H groups in total. The van der Waals surface area contributed by atoms with Crippen LogP contribution in [0.3, 0.4) is 0 Å². The molecule has 2 aliphatic heterocycles. The zero-order chi connectivity index (χ0) is 7.52. The fraction of sp³-hybridized carbons (Fsp3) is 1.00. The fourth-order valence-corrected chi connectivity index (χ4v) is 2.02. The van der Waals surface area contributed by atoms with Gasteiger partial charge in [0, 0.05) is 5.92 Å². The summed E-state index contributed by atoms with van der Waals surface area (Å²) in [6, 6.07) is 0. The lowest BCUT2D eigenvalue weighted by atomic mass is 9.88. The molecule has 2 saturated heterocycles. The lowest BCUT2D eigenvalue weighted by Crippen LogP contribution is -2.35. The maximum absolute atomic E-state index is 5.16. The summed E-state index contributed by atoms with van der Waals surface area (Å²) in [5.41, 5.74) is 0. The first-order valence-corrected chi connectivity index (χ1v) is 4.73. The maximum atomic E-state index is 5.16. The van der Waals surface area contributed by atoms with Crippen molar-refractivity contribution in [3.8, 4) is 0 Å². The Balaban J connectivity index is 1.67. The predicted octanol–water partition coefficient (Wildman–Crippen LogP) is 1.02. The summed E-state index contributed by atoms with van der Waals surface area (Å²) in [5.74, 6) is 1.83. The smallest absolute Gasteiger partial charge is 0.0516 e. The molecule has 0 radical (unpaired) electrons. The van der Waals surface area contributed by atoms with Crippen LogP contribution in [-0.4, -0.2) is 26.3 Å². The molecule has 0 unspecified atom stereocenters. The van der Waals surface area contributed by atoms with Gasteiger partial charge in [-0.3, -0.25) is 0 Å². The zero-order valence-corrected chi connectivity index (χ0v) is 7.01. The molecule has 0 aromatic heterocycles. The zero-order valence-electron chi connectivity index (χ0n) is 7.01. The Morgan fingerprint density at radius 2 is 2.18 bits per heavy atom. The van der Waals surface area contributed by atoms with Gasteiger partial charge < -0.3 is 10.1 Å². The Bertz CT molecular complexity index is 117. The van der Waals surface area contributed by atoms with Crippen molar-refractivity contribution in [2.24, 2.45) is 11.8 Å². The average molecular weight is 155 g/mol. The molecular formula is C9H17NO. The average Bonchev–Trinajstić information content (AvgIpc) is 1.99. The molecule has 11 heavy (non-hydrogen) atoms. The minimum atomic E-state index is 0.889. The summed E-state index contributed by atoms with van der Waals surface area (Å²) in [6.45, 7) is 4.53. The van der Waals surface area contributed by atoms with E-state index in [1.165, 1.54) is 32.4 Å². The molecule has 1 atom stereocenters. The minimum Gasteiger partial charge on any atom is -0.381 e. The standard InChI is InChI=1S/C9H17NO/c1-2-8(5-10-3-1)4-9-6-11-7-9/h8-10H,1-7H2/t8-/m0/s1. The monoisotopic (exact) mass is 155 g/mol. The quantitative estimate of drug-likeness (QED) is 0.643. The lowest BCUT2D eigenvalue weighted by molar-refractivity contribution is -0.0437. The Morgan fingerprint density at radius 1 is 1.27 bits per heavy atom. The Morgan fingerprint density at radius 3 is 2.73 bits per heavy atom. The predicted molar refractivity (Wildman–Crippen MR) is 44.5 cm³/mol. The van der Waals surface area contributed by atoms with Gasteiger partial charge in [-0.1, -0.05) is 0 Å². The second-order valence-electron chi connectivity index (χ2n) is 3.85. The first-order chi connectivity index (χ1) is 5.45. The molecule has 0 saturated carbocycles. The third-order valence-electron chi connectivity index (χ3n) is 2.77. The largest absolute Gasteiger partial charge is 0.381 e. The summed E-state index contributed by atoms with van der Waals surface area (Å²) >= 11 is 0. The van der Waals surface area contributed by atoms with E-state index >= 15 is 0 Å². The van der Waals surface area contributed by atoms with Crippen molar-refractivity contribution >= 4 is 0 Å². The van der Waals surface area contributed by atoms with E-state index in [0.717, 1.165) is 25.0 Å². The molecule has 2 heterocycles. The molecule has 0 aromatic rings. The first kappa shape index (κ1) is 7.56. The molecule has 2 aliphatic rings. The van der Waals surface area contributed by atoms with Crippen LogP contribution in [0.2, 0.25) is 0 Å². The van der Waals surface area contributed by atoms with Gasteiger partial charge >= 0.3 is 0 Å². The topological polar surface area (TPSA) is 21.3 Å². The molecule has 0 aliphatic carbocycles. The van der Waals surface area contributed by atoms with Crippen molar-refractivity contribution in [1.29, 1.82) is 0 Å². The van der Waals surface area contributed by atoms with Gasteiger partial charge in [0.05, 0.1) is 13.2 Å². The molecule has 2 fully saturated rings. The SMILES string of the molecule is C1CNC[C@H](CC2COC2)C1. The number of hydrogen-bond acceptors (Lipinski definition) is 2. The third kappa shape index (κ3) is 1.94. The molecule has 64 valence electrons. The van der Waals surface area contributed by atoms with Crippen LogP contribution in [-0.2, 0) is 4.74 Å². The minimum absolute atomic E-state index is 0.889. The van der Waals surface area contributed by atoms with Crippen molar-refractivity contribution in [3.05, 3.63) is 0 Å². The second kappa shape index (κ2) is 3.55. The second-order valence-corrected chi connectivity index (χ2v) is 3.85. The van der Waals surface area contributed by atoms with Crippen molar-refractivity contribution < 1.29 is 4.74 Å². The number of rotatable bonds is 2. The number of hydrogen-bond donors (Lipinski definition) is 1. The van der Waals surface area contributed by atoms with E-state index in [1.807, 2.05) is 0 Å². The van der Waals surface area contributed by atoms with Crippen LogP contribution >= 0.6 is 0 Å². The van der Waals surface area contributed by atoms with Crippen molar-refractivity contribution in [3.63, 3.8) is 0 Å². The van der Waals surface area contributed by atoms with Gasteiger partial charge in [0.2, 0.25) is 0 Å². The highest BCUT2D eigenvalue weighted by Gasteiger charge is 2.23. The number of ether oxygens (including phenoxy) is 1. The van der Waals surface area contributed by atoms with Gasteiger partial charge in [-0.2, -0.15) is 0 Å². The summed E-state index contributed by atoms with van der Waals surface area (Å²) in [7, 11) is 0. The van der Waals surface area contributed by atoms with E-state index < -0.39 is 0 Å². The molecule has 0 spiro atoms. The van der Waals surface area contributed by atoms with Crippen LogP contribution in [0.4, 0.5) is 0 Å². The van der Waals surface area contributed by atoms with Gasteiger partial charge in [0.15, 0.2) is 0 Å². The van der Waals surface area contributed by atoms with Crippen LogP contribution in [0.15, 0.2) is 0 Å². The summed E-state index contributed by atoms with van der Waals surface area (Å²) < 4.78 is 5.16. The maximum Gasteiger partial charge on any atom is 0.0516 e. The Kier molecular flexibility index (Phi) is 2.44. The van der Waals surface area contributed by atoms with Gasteiger partial charge in [-0.05, 0) is 38.3 Å². The van der Waals surface area contributed by atoms with E-state index in [1.54, 1.807) is 0 Å². The van der Waals surface area contributed by atoms with E-state index in [-0.39, 0.29) is 0 Å². The fourth-order valence-electron chi connectivity index (χ4n) is 2.02. The van der Waals surface area contributed by atoms with Crippen molar-refractivity contribution in [2.45, 2.75) is 19.3 Å². The van der Waals surface area contributed by atoms with Crippen LogP contribution in [0, 0.1) is 11.8 Å². The highest BCUT2D eigenvalue weighted by atomic mass is 16.5. The summed E-state index contributed by atoms with van der Waals surface area (Å²) in [4.78, 5) is 0. The first-order valence-electron chi connectivity index (χ1n) is 4.73. The number of nitrogens with one attached hydrogen (secondary N) is 1. The lowest BCUT2D eigenvalue weighted by Gasteiger charge is -2.31. The molecule has 0 aromatic carbocycles. The van der Waals surface area contributed by atoms with E-state index in [9.17, 15) is 0 Å². The Labute approximate surface area is 68.3 Å². The van der Waals surface area contributed by atoms with E-state index in [0.29, 0.717) is 0 Å². The van der Waals surface area contributed by atoms with Crippen molar-refractivity contribution in [2.75, 3.05) is 26.3 Å². The van der Waals surface area contributed by atoms with Gasteiger partial charge in [-0.25, -0.2) is 0 Å². The summed E-state index contributed by atoms with van der Waals surface area (Å²) in [6.07, 6.45) is 4.20. The molecule has 2 heteroatoms. The van der Waals surface area contributed by atoms with Crippen LogP contribution in [0.1, 0.15) is 19.3 Å². The van der Waals surface area contributed by atoms with E-state index in [4.69, 9.17) is 4.74 Å². The van der Waals surface area contributed by atoms with Crippen LogP contribution < -0.4 is 5.32 Å². The molecular weight excluding hydrogens is 138 g/mol. The van der Waals surface area contributed by atoms with Gasteiger partial charge in [0.25, 0.3) is 0 Å². The molecule has 2 nitrogen and oxygen atoms in total. The molecule has 0 bridgehead atoms. The van der Waals surface area contributed by atoms with E-state index in [2.05, 4.69) is 5.32 Å². The highest BCUT2D eigenvalue weighted by Crippen LogP contribution is 2.23. The summed E-state index contributed by atoms with van der Waals surface area (Å²) in [5, 5.41) is 3.45. The number of piperidine rings is 1. The molecule has 0 amide bonds. The van der Waals surface area contributed by atoms with Gasteiger partial charge in [0.1, 0.15) is 0 Å². The van der Waals surface area contributed by atoms with Gasteiger partial charge in [-0.15, -0.1) is 0 Å².